The predicted octanol–water partition coefficient (Wildman–Crippen LogP) is -0.366. The van der Waals surface area contributed by atoms with E-state index >= 15 is 0 Å². The van der Waals surface area contributed by atoms with Crippen LogP contribution in [0.1, 0.15) is 36.8 Å². The third-order valence-corrected chi connectivity index (χ3v) is 7.84. The second-order valence-electron chi connectivity index (χ2n) is 11.5. The number of carbonyl (C=O) groups excluding carboxylic acids is 4. The summed E-state index contributed by atoms with van der Waals surface area (Å²) in [6.07, 6.45) is 1.62. The van der Waals surface area contributed by atoms with Crippen LogP contribution in [-0.4, -0.2) is 90.2 Å². The molecule has 1 heterocycles. The Labute approximate surface area is 328 Å². The molecule has 0 aliphatic carbocycles. The first-order chi connectivity index (χ1) is 22.0. The third-order valence-electron chi connectivity index (χ3n) is 7.84. The van der Waals surface area contributed by atoms with E-state index < -0.39 is 47.8 Å². The van der Waals surface area contributed by atoms with E-state index in [4.69, 9.17) is 28.7 Å². The molecule has 0 spiro atoms. The van der Waals surface area contributed by atoms with Crippen LogP contribution in [0.2, 0.25) is 0 Å². The molecule has 292 valence electrons. The Morgan fingerprint density at radius 2 is 1.37 bits per heavy atom. The molecule has 1 aliphatic rings. The summed E-state index contributed by atoms with van der Waals surface area (Å²) in [5.74, 6) is -2.82. The number of benzene rings is 2. The van der Waals surface area contributed by atoms with Crippen LogP contribution >= 0.6 is 62.0 Å². The van der Waals surface area contributed by atoms with Crippen molar-refractivity contribution in [3.8, 4) is 22.6 Å². The molecular weight excluding hydrogens is 772 g/mol. The predicted molar refractivity (Wildman–Crippen MR) is 209 cm³/mol. The molecule has 0 saturated carbocycles. The number of fused-ring (bicyclic) bond motifs is 5. The number of hydrogen-bond acceptors (Lipinski definition) is 11. The molecular formula is C31H52Cl5N9O6. The lowest BCUT2D eigenvalue weighted by Gasteiger charge is -2.26. The van der Waals surface area contributed by atoms with Gasteiger partial charge in [-0.15, -0.1) is 62.0 Å². The highest BCUT2D eigenvalue weighted by molar-refractivity contribution is 5.95. The molecule has 20 heteroatoms. The van der Waals surface area contributed by atoms with Gasteiger partial charge in [0.05, 0.1) is 6.04 Å². The molecule has 51 heavy (non-hydrogen) atoms. The maximum atomic E-state index is 13.7. The zero-order valence-electron chi connectivity index (χ0n) is 27.9. The minimum atomic E-state index is -1.30. The van der Waals surface area contributed by atoms with Crippen LogP contribution < -0.4 is 49.9 Å². The van der Waals surface area contributed by atoms with Gasteiger partial charge in [-0.3, -0.25) is 19.2 Å². The van der Waals surface area contributed by atoms with E-state index in [2.05, 4.69) is 21.3 Å². The van der Waals surface area contributed by atoms with Gasteiger partial charge < -0.3 is 60.1 Å². The molecule has 0 fully saturated rings. The number of amides is 4. The number of rotatable bonds is 12. The highest BCUT2D eigenvalue weighted by atomic mass is 35.5. The maximum absolute atomic E-state index is 13.7. The first-order valence-electron chi connectivity index (χ1n) is 15.4. The molecule has 3 rings (SSSR count). The van der Waals surface area contributed by atoms with E-state index in [1.54, 1.807) is 24.3 Å². The summed E-state index contributed by atoms with van der Waals surface area (Å²) in [6.45, 7) is 0.608. The second-order valence-corrected chi connectivity index (χ2v) is 11.5. The van der Waals surface area contributed by atoms with Crippen molar-refractivity contribution < 1.29 is 29.4 Å². The number of aromatic hydroxyl groups is 2. The van der Waals surface area contributed by atoms with Gasteiger partial charge in [0.2, 0.25) is 23.6 Å². The molecule has 0 unspecified atom stereocenters. The van der Waals surface area contributed by atoms with E-state index in [-0.39, 0.29) is 118 Å². The molecule has 4 amide bonds. The monoisotopic (exact) mass is 821 g/mol. The van der Waals surface area contributed by atoms with Crippen molar-refractivity contribution in [3.63, 3.8) is 0 Å². The summed E-state index contributed by atoms with van der Waals surface area (Å²) >= 11 is 0. The fraction of sp³-hybridized carbons (Fsp3) is 0.484. The summed E-state index contributed by atoms with van der Waals surface area (Å²) in [4.78, 5) is 53.2. The first kappa shape index (κ1) is 52.5. The lowest BCUT2D eigenvalue weighted by molar-refractivity contribution is -0.134. The minimum Gasteiger partial charge on any atom is -0.508 e. The lowest BCUT2D eigenvalue weighted by Crippen LogP contribution is -2.59. The zero-order chi connectivity index (χ0) is 33.8. The minimum absolute atomic E-state index is 0. The quantitative estimate of drug-likeness (QED) is 0.131. The molecule has 0 aromatic heterocycles. The van der Waals surface area contributed by atoms with Gasteiger partial charge in [0.15, 0.2) is 0 Å². The van der Waals surface area contributed by atoms with Gasteiger partial charge in [-0.05, 0) is 85.3 Å². The van der Waals surface area contributed by atoms with Crippen molar-refractivity contribution in [1.82, 2.24) is 21.3 Å². The number of nitrogens with one attached hydrogen (secondary N) is 4. The van der Waals surface area contributed by atoms with Crippen LogP contribution in [0.25, 0.3) is 11.1 Å². The molecule has 0 radical (unpaired) electrons. The van der Waals surface area contributed by atoms with Crippen molar-refractivity contribution in [2.75, 3.05) is 26.2 Å². The Kier molecular flexibility index (Phi) is 26.8. The summed E-state index contributed by atoms with van der Waals surface area (Å²) in [5, 5.41) is 31.8. The van der Waals surface area contributed by atoms with Gasteiger partial charge in [0.1, 0.15) is 29.6 Å². The normalized spacial score (nSPS) is 17.9. The van der Waals surface area contributed by atoms with Gasteiger partial charge in [-0.25, -0.2) is 0 Å². The van der Waals surface area contributed by atoms with E-state index in [1.165, 1.54) is 12.1 Å². The number of phenols is 2. The van der Waals surface area contributed by atoms with Crippen molar-refractivity contribution in [3.05, 3.63) is 47.5 Å². The number of carbonyl (C=O) groups is 4. The van der Waals surface area contributed by atoms with E-state index in [0.717, 1.165) is 0 Å². The largest absolute Gasteiger partial charge is 0.508 e. The summed E-state index contributed by atoms with van der Waals surface area (Å²) in [6, 6.07) is 4.60. The van der Waals surface area contributed by atoms with Gasteiger partial charge in [0.25, 0.3) is 0 Å². The highest BCUT2D eigenvalue weighted by Crippen LogP contribution is 2.31. The van der Waals surface area contributed by atoms with E-state index in [1.807, 2.05) is 0 Å². The number of hydrogen-bond donors (Lipinski definition) is 11. The molecule has 1 aliphatic heterocycles. The van der Waals surface area contributed by atoms with Crippen LogP contribution in [0.4, 0.5) is 0 Å². The molecule has 2 aromatic rings. The Morgan fingerprint density at radius 1 is 0.824 bits per heavy atom. The second kappa shape index (κ2) is 26.0. The zero-order valence-corrected chi connectivity index (χ0v) is 32.0. The van der Waals surface area contributed by atoms with Crippen LogP contribution in [0.5, 0.6) is 11.5 Å². The van der Waals surface area contributed by atoms with Crippen molar-refractivity contribution in [1.29, 1.82) is 0 Å². The highest BCUT2D eigenvalue weighted by Gasteiger charge is 2.31. The van der Waals surface area contributed by atoms with Crippen molar-refractivity contribution in [2.24, 2.45) is 28.7 Å². The molecule has 16 N–H and O–H groups in total. The Balaban J connectivity index is -0.00000461. The molecule has 15 nitrogen and oxygen atoms in total. The number of halogens is 5. The summed E-state index contributed by atoms with van der Waals surface area (Å²) in [7, 11) is 0. The molecule has 2 aromatic carbocycles. The first-order valence-corrected chi connectivity index (χ1v) is 15.4. The average Bonchev–Trinajstić information content (AvgIpc) is 3.04. The smallest absolute Gasteiger partial charge is 0.243 e. The Hall–Kier alpha value is -2.83. The lowest BCUT2D eigenvalue weighted by atomic mass is 9.95. The number of phenolic OH excluding ortho intramolecular Hbond substituents is 2. The maximum Gasteiger partial charge on any atom is 0.243 e. The van der Waals surface area contributed by atoms with Crippen LogP contribution in [0.15, 0.2) is 36.4 Å². The standard InChI is InChI=1S/C31H47N9O6.5ClH/c32-9-1-3-21(35)16-37-29(44)25(15-34)40-31(46)24-14-20-12-18(6-8-27(20)42)17-5-7-26(41)19(11-17)13-22(36)28(43)38-23(4-2-10-33)30(45)39-24;;;;;/h5-8,11-12,21-25,41-42H,1-4,9-10,13-16,32-36H2,(H,37,44)(H,38,43)(H,39,45)(H,40,46);5*1H/t21-,22-,23-,24-,25-;;;;;/m0...../s1. The van der Waals surface area contributed by atoms with Crippen LogP contribution in [0, 0.1) is 0 Å². The van der Waals surface area contributed by atoms with Crippen molar-refractivity contribution in [2.45, 2.75) is 68.7 Å². The van der Waals surface area contributed by atoms with Gasteiger partial charge >= 0.3 is 0 Å². The van der Waals surface area contributed by atoms with Crippen molar-refractivity contribution >= 4 is 85.7 Å². The number of nitrogens with two attached hydrogens (primary N) is 5. The third kappa shape index (κ3) is 15.8. The fourth-order valence-corrected chi connectivity index (χ4v) is 5.10. The SMILES string of the molecule is Cl.Cl.Cl.Cl.Cl.NCCC[C@H](N)CNC(=O)[C@H](CN)NC(=O)[C@@H]1Cc2cc(ccc2O)-c2ccc(O)c(c2)C[C@H](N)C(=O)N[C@@H](CCCN)C(=O)N1. The molecule has 4 bridgehead atoms. The topological polar surface area (TPSA) is 287 Å². The molecule has 5 atom stereocenters. The van der Waals surface area contributed by atoms with E-state index in [9.17, 15) is 29.4 Å². The summed E-state index contributed by atoms with van der Waals surface area (Å²) < 4.78 is 0. The Morgan fingerprint density at radius 3 is 1.90 bits per heavy atom. The van der Waals surface area contributed by atoms with Crippen LogP contribution in [0.3, 0.4) is 0 Å². The van der Waals surface area contributed by atoms with Gasteiger partial charge in [-0.2, -0.15) is 0 Å². The van der Waals surface area contributed by atoms with Gasteiger partial charge in [-0.1, -0.05) is 12.1 Å². The fourth-order valence-electron chi connectivity index (χ4n) is 5.10. The van der Waals surface area contributed by atoms with E-state index in [0.29, 0.717) is 48.1 Å². The summed E-state index contributed by atoms with van der Waals surface area (Å²) in [5.41, 5.74) is 31.3. The Bertz CT molecular complexity index is 1400. The average molecular weight is 824 g/mol. The van der Waals surface area contributed by atoms with Gasteiger partial charge in [0, 0.05) is 32.0 Å². The van der Waals surface area contributed by atoms with Crippen LogP contribution in [-0.2, 0) is 32.0 Å². The molecule has 0 saturated heterocycles.